The van der Waals surface area contributed by atoms with Crippen LogP contribution in [0, 0.1) is 38.4 Å². The van der Waals surface area contributed by atoms with Gasteiger partial charge in [0.05, 0.1) is 63.6 Å². The van der Waals surface area contributed by atoms with Crippen molar-refractivity contribution in [1.29, 1.82) is 0 Å². The van der Waals surface area contributed by atoms with E-state index < -0.39 is 0 Å². The van der Waals surface area contributed by atoms with Gasteiger partial charge in [-0.1, -0.05) is 27.7 Å². The molecule has 0 aliphatic carbocycles. The van der Waals surface area contributed by atoms with Crippen LogP contribution in [-0.4, -0.2) is 116 Å². The van der Waals surface area contributed by atoms with Crippen molar-refractivity contribution >= 4 is 36.1 Å². The number of hydrogen-bond donors (Lipinski definition) is 9. The topological polar surface area (TPSA) is 226 Å². The van der Waals surface area contributed by atoms with Crippen LogP contribution in [0.4, 0.5) is 0 Å². The van der Waals surface area contributed by atoms with Crippen molar-refractivity contribution in [3.05, 3.63) is 111 Å². The highest BCUT2D eigenvalue weighted by Crippen LogP contribution is 2.24. The molecule has 0 fully saturated rings. The molecule has 6 rings (SSSR count). The van der Waals surface area contributed by atoms with Gasteiger partial charge >= 0.3 is 0 Å². The largest absolute Gasteiger partial charge is 0.378 e. The number of hydrogen-bond acceptors (Lipinski definition) is 8. The van der Waals surface area contributed by atoms with Crippen molar-refractivity contribution in [1.82, 2.24) is 35.6 Å². The van der Waals surface area contributed by atoms with Gasteiger partial charge in [-0.25, -0.2) is 0 Å². The number of H-pyrrole nitrogens is 5. The van der Waals surface area contributed by atoms with Gasteiger partial charge in [0.15, 0.2) is 0 Å². The maximum absolute atomic E-state index is 13.3. The molecule has 0 saturated carbocycles. The first kappa shape index (κ1) is 52.9. The maximum atomic E-state index is 13.3. The Morgan fingerprint density at radius 3 is 1.14 bits per heavy atom. The van der Waals surface area contributed by atoms with Crippen LogP contribution >= 0.6 is 0 Å². The molecule has 0 saturated heterocycles. The molecular weight excluding hydrogens is 871 g/mol. The van der Waals surface area contributed by atoms with Crippen LogP contribution < -0.4 is 43.5 Å². The molecule has 15 heteroatoms. The summed E-state index contributed by atoms with van der Waals surface area (Å²) >= 11 is 0. The minimum Gasteiger partial charge on any atom is -0.378 e. The van der Waals surface area contributed by atoms with E-state index in [0.717, 1.165) is 103 Å². The van der Waals surface area contributed by atoms with Crippen LogP contribution in [0.2, 0.25) is 0 Å². The van der Waals surface area contributed by atoms with Crippen molar-refractivity contribution in [2.45, 2.75) is 107 Å². The third-order valence-electron chi connectivity index (χ3n) is 13.4. The molecule has 1 aliphatic heterocycles. The molecule has 0 unspecified atom stereocenters. The third kappa shape index (κ3) is 13.1. The minimum atomic E-state index is -0.0266. The average Bonchev–Trinajstić information content (AvgIpc) is 4.10. The van der Waals surface area contributed by atoms with Crippen molar-refractivity contribution in [3.63, 3.8) is 0 Å². The van der Waals surface area contributed by atoms with Crippen LogP contribution in [0.5, 0.6) is 0 Å². The lowest BCUT2D eigenvalue weighted by atomic mass is 10.0. The molecule has 1 aliphatic rings. The van der Waals surface area contributed by atoms with Crippen molar-refractivity contribution in [2.24, 2.45) is 11.5 Å². The Kier molecular flexibility index (Phi) is 19.9. The van der Waals surface area contributed by atoms with Gasteiger partial charge in [-0.2, -0.15) is 0 Å². The highest BCUT2D eigenvalue weighted by atomic mass is 16.5. The first-order chi connectivity index (χ1) is 33.5. The number of aromatic amines is 5. The Bertz CT molecular complexity index is 2690. The van der Waals surface area contributed by atoms with E-state index in [1.54, 1.807) is 0 Å². The van der Waals surface area contributed by atoms with E-state index in [4.69, 9.17) is 30.4 Å². The molecular formula is C54H79N9O6. The summed E-state index contributed by atoms with van der Waals surface area (Å²) in [7, 11) is 0. The van der Waals surface area contributed by atoms with Gasteiger partial charge in [-0.05, 0) is 146 Å². The number of aromatic nitrogens is 5. The van der Waals surface area contributed by atoms with Crippen molar-refractivity contribution < 1.29 is 28.5 Å². The molecule has 5 aromatic heterocycles. The van der Waals surface area contributed by atoms with Crippen LogP contribution in [0.1, 0.15) is 119 Å². The monoisotopic (exact) mass is 950 g/mol. The third-order valence-corrected chi connectivity index (χ3v) is 13.4. The zero-order valence-corrected chi connectivity index (χ0v) is 42.6. The number of ether oxygens (including phenoxy) is 4. The van der Waals surface area contributed by atoms with E-state index in [0.29, 0.717) is 105 Å². The lowest BCUT2D eigenvalue weighted by Gasteiger charge is -2.08. The maximum Gasteiger partial charge on any atom is 0.220 e. The van der Waals surface area contributed by atoms with E-state index in [2.05, 4.69) is 115 Å². The number of nitrogens with two attached hydrogens (primary N) is 2. The molecule has 0 atom stereocenters. The fraction of sp³-hybridized carbons (Fsp3) is 0.519. The first-order valence-electron chi connectivity index (χ1n) is 25.2. The van der Waals surface area contributed by atoms with E-state index in [9.17, 15) is 9.59 Å². The summed E-state index contributed by atoms with van der Waals surface area (Å²) in [5.41, 5.74) is 26.8. The second-order valence-electron chi connectivity index (χ2n) is 17.8. The number of rotatable bonds is 26. The van der Waals surface area contributed by atoms with E-state index >= 15 is 0 Å². The summed E-state index contributed by atoms with van der Waals surface area (Å²) in [6, 6.07) is 0. The standard InChI is InChI=1S/C54H79N9O6/c1-9-37-35(7)53-54-36(8)38(10-2)46(63-54)30-44-34(6)42(14-16-52(65)58-20-24-69-28-26-67-22-18-56)50(60-44)32-48-40(12-4)39(11-3)47(61-48)31-49-41(33(5)43(59-49)29-45(37)62-53)13-15-51(64)57-19-23-68-27-25-66-21-17-55/h29-32,59-63H,9-28,55-56H2,1-8H3,(H,57,64)(H,58,65). The second-order valence-corrected chi connectivity index (χ2v) is 17.8. The summed E-state index contributed by atoms with van der Waals surface area (Å²) in [5, 5.41) is 12.4. The predicted molar refractivity (Wildman–Crippen MR) is 275 cm³/mol. The molecule has 11 N–H and O–H groups in total. The van der Waals surface area contributed by atoms with Gasteiger partial charge in [0.25, 0.3) is 0 Å². The quantitative estimate of drug-likeness (QED) is 0.0367. The molecule has 0 radical (unpaired) electrons. The Morgan fingerprint density at radius 2 is 0.783 bits per heavy atom. The van der Waals surface area contributed by atoms with Gasteiger partial charge in [0.2, 0.25) is 11.8 Å². The fourth-order valence-corrected chi connectivity index (χ4v) is 9.75. The Balaban J connectivity index is 1.46. The molecule has 69 heavy (non-hydrogen) atoms. The first-order valence-corrected chi connectivity index (χ1v) is 25.2. The summed E-state index contributed by atoms with van der Waals surface area (Å²) in [6.45, 7) is 23.0. The smallest absolute Gasteiger partial charge is 0.220 e. The summed E-state index contributed by atoms with van der Waals surface area (Å²) in [6.07, 6.45) is 14.1. The summed E-state index contributed by atoms with van der Waals surface area (Å²) in [5.74, 6) is -0.0533. The van der Waals surface area contributed by atoms with E-state index in [1.165, 1.54) is 33.4 Å². The van der Waals surface area contributed by atoms with Gasteiger partial charge < -0.3 is 66.0 Å². The molecule has 0 aromatic carbocycles. The minimum absolute atomic E-state index is 0.0266. The predicted octanol–water partition coefficient (Wildman–Crippen LogP) is 2.81. The van der Waals surface area contributed by atoms with Crippen LogP contribution in [0.3, 0.4) is 0 Å². The molecule has 5 aromatic rings. The summed E-state index contributed by atoms with van der Waals surface area (Å²) < 4.78 is 22.1. The molecule has 15 nitrogen and oxygen atoms in total. The van der Waals surface area contributed by atoms with E-state index in [1.807, 2.05) is 0 Å². The van der Waals surface area contributed by atoms with Crippen LogP contribution in [0.25, 0.3) is 24.3 Å². The van der Waals surface area contributed by atoms with Crippen LogP contribution in [-0.2, 0) is 67.1 Å². The Hall–Kier alpha value is -5.42. The normalized spacial score (nSPS) is 12.1. The van der Waals surface area contributed by atoms with Gasteiger partial charge in [-0.15, -0.1) is 0 Å². The van der Waals surface area contributed by atoms with Crippen molar-refractivity contribution in [2.75, 3.05) is 79.0 Å². The van der Waals surface area contributed by atoms with Crippen molar-refractivity contribution in [3.8, 4) is 0 Å². The summed E-state index contributed by atoms with van der Waals surface area (Å²) in [4.78, 5) is 45.8. The number of nitrogens with one attached hydrogen (secondary N) is 7. The second kappa shape index (κ2) is 26.0. The molecule has 6 heterocycles. The molecule has 10 bridgehead atoms. The number of fused-ring (bicyclic) bond motifs is 10. The average molecular weight is 950 g/mol. The van der Waals surface area contributed by atoms with E-state index in [-0.39, 0.29) is 11.8 Å². The van der Waals surface area contributed by atoms with Gasteiger partial charge in [0.1, 0.15) is 0 Å². The highest BCUT2D eigenvalue weighted by Gasteiger charge is 2.19. The number of carbonyl (C=O) groups is 2. The highest BCUT2D eigenvalue weighted by molar-refractivity contribution is 5.77. The van der Waals surface area contributed by atoms with Crippen LogP contribution in [0.15, 0.2) is 0 Å². The fourth-order valence-electron chi connectivity index (χ4n) is 9.75. The SMILES string of the molecule is CCc1c(CC)c2[nH]c1=Cc1[nH]c(c(C)c1CCC(=O)NCCOCCOCCN)C=c1[nH]c(c(C)c1CC)=c1[nH]c(c(CC)c1C)=Cc1[nH]c(c(CCC(=O)NCCOCCOCCN)c1C)C=2. The Morgan fingerprint density at radius 1 is 0.435 bits per heavy atom. The number of carbonyl (C=O) groups excluding carboxylic acids is 2. The lowest BCUT2D eigenvalue weighted by molar-refractivity contribution is -0.122. The lowest BCUT2D eigenvalue weighted by Crippen LogP contribution is -2.28. The van der Waals surface area contributed by atoms with Gasteiger partial charge in [-0.3, -0.25) is 9.59 Å². The zero-order valence-electron chi connectivity index (χ0n) is 42.6. The van der Waals surface area contributed by atoms with Gasteiger partial charge in [0, 0.05) is 83.2 Å². The molecule has 376 valence electrons. The Labute approximate surface area is 406 Å². The molecule has 0 spiro atoms. The zero-order chi connectivity index (χ0) is 49.5. The molecule has 2 amide bonds. The number of amides is 2.